The largest absolute Gasteiger partial charge is 0.350 e. The van der Waals surface area contributed by atoms with Crippen molar-refractivity contribution >= 4 is 21.8 Å². The summed E-state index contributed by atoms with van der Waals surface area (Å²) in [6.45, 7) is 1.75. The highest BCUT2D eigenvalue weighted by atomic mass is 32.2. The first-order chi connectivity index (χ1) is 20.6. The molecule has 7 nitrogen and oxygen atoms in total. The summed E-state index contributed by atoms with van der Waals surface area (Å²) in [7, 11) is -3.79. The number of amides is 2. The number of nitrogens with one attached hydrogen (secondary N) is 1. The second-order valence-electron chi connectivity index (χ2n) is 10.6. The van der Waals surface area contributed by atoms with Gasteiger partial charge in [0.25, 0.3) is 0 Å². The van der Waals surface area contributed by atoms with E-state index >= 15 is 0 Å². The summed E-state index contributed by atoms with van der Waals surface area (Å²) in [4.78, 5) is 29.3. The van der Waals surface area contributed by atoms with Crippen LogP contribution in [-0.4, -0.2) is 48.3 Å². The van der Waals surface area contributed by atoms with Gasteiger partial charge in [0.05, 0.1) is 12.8 Å². The van der Waals surface area contributed by atoms with Crippen LogP contribution >= 0.6 is 0 Å². The first-order valence-electron chi connectivity index (χ1n) is 14.0. The van der Waals surface area contributed by atoms with Gasteiger partial charge in [-0.15, -0.1) is 0 Å². The molecule has 43 heavy (non-hydrogen) atoms. The van der Waals surface area contributed by atoms with E-state index in [9.17, 15) is 22.4 Å². The molecule has 0 radical (unpaired) electrons. The molecule has 4 aromatic rings. The van der Waals surface area contributed by atoms with Crippen LogP contribution in [0.25, 0.3) is 0 Å². The van der Waals surface area contributed by atoms with E-state index in [1.807, 2.05) is 67.6 Å². The van der Waals surface area contributed by atoms with Crippen molar-refractivity contribution in [2.45, 2.75) is 39.0 Å². The van der Waals surface area contributed by atoms with Crippen molar-refractivity contribution in [3.63, 3.8) is 0 Å². The fourth-order valence-corrected chi connectivity index (χ4v) is 5.40. The quantitative estimate of drug-likeness (QED) is 0.237. The van der Waals surface area contributed by atoms with Crippen LogP contribution in [0.2, 0.25) is 0 Å². The van der Waals surface area contributed by atoms with Gasteiger partial charge in [0.15, 0.2) is 0 Å². The van der Waals surface area contributed by atoms with Crippen molar-refractivity contribution in [1.29, 1.82) is 0 Å². The van der Waals surface area contributed by atoms with Crippen molar-refractivity contribution in [3.05, 3.63) is 143 Å². The van der Waals surface area contributed by atoms with Gasteiger partial charge in [-0.25, -0.2) is 12.8 Å². The first-order valence-corrected chi connectivity index (χ1v) is 15.8. The number of hydrogen-bond donors (Lipinski definition) is 1. The molecule has 0 aliphatic heterocycles. The number of carbonyl (C=O) groups excluding carboxylic acids is 2. The average Bonchev–Trinajstić information content (AvgIpc) is 2.99. The van der Waals surface area contributed by atoms with Crippen molar-refractivity contribution < 1.29 is 22.4 Å². The molecule has 1 N–H and O–H groups in total. The van der Waals surface area contributed by atoms with E-state index in [0.29, 0.717) is 5.56 Å². The highest BCUT2D eigenvalue weighted by molar-refractivity contribution is 7.88. The van der Waals surface area contributed by atoms with Gasteiger partial charge >= 0.3 is 0 Å². The third-order valence-corrected chi connectivity index (χ3v) is 8.30. The van der Waals surface area contributed by atoms with Crippen LogP contribution in [0.3, 0.4) is 0 Å². The number of carbonyl (C=O) groups is 2. The zero-order valence-corrected chi connectivity index (χ0v) is 25.1. The Bertz CT molecular complexity index is 1600. The first kappa shape index (κ1) is 31.6. The van der Waals surface area contributed by atoms with Crippen LogP contribution in [0.4, 0.5) is 4.39 Å². The number of benzene rings is 4. The molecule has 0 heterocycles. The zero-order valence-electron chi connectivity index (χ0n) is 24.3. The summed E-state index contributed by atoms with van der Waals surface area (Å²) in [5.41, 5.74) is 4.16. The van der Waals surface area contributed by atoms with Gasteiger partial charge in [0.1, 0.15) is 11.9 Å². The standard InChI is InChI=1S/C34H36FN3O4S/c1-26-13-15-28(16-14-26)22-36-34(40)32(21-27-9-5-3-6-10-27)38(24-30-17-19-31(35)20-18-30)33(39)25-37(43(2,41)42)23-29-11-7-4-8-12-29/h3-20,32H,21-25H2,1-2H3,(H,36,40)/t32-/m1/s1. The minimum Gasteiger partial charge on any atom is -0.350 e. The molecule has 4 rings (SSSR count). The minimum absolute atomic E-state index is 0.00122. The van der Waals surface area contributed by atoms with Crippen molar-refractivity contribution in [1.82, 2.24) is 14.5 Å². The second-order valence-corrected chi connectivity index (χ2v) is 12.6. The van der Waals surface area contributed by atoms with Crippen LogP contribution in [0.1, 0.15) is 27.8 Å². The Balaban J connectivity index is 1.67. The Morgan fingerprint density at radius 3 is 1.86 bits per heavy atom. The Hall–Kier alpha value is -4.34. The number of halogens is 1. The fraction of sp³-hybridized carbons (Fsp3) is 0.235. The molecule has 0 saturated heterocycles. The third kappa shape index (κ3) is 9.59. The Kier molecular flexibility index (Phi) is 10.8. The lowest BCUT2D eigenvalue weighted by Gasteiger charge is -2.33. The van der Waals surface area contributed by atoms with E-state index in [0.717, 1.165) is 32.8 Å². The topological polar surface area (TPSA) is 86.8 Å². The molecule has 2 amide bonds. The SMILES string of the molecule is Cc1ccc(CNC(=O)[C@@H](Cc2ccccc2)N(Cc2ccc(F)cc2)C(=O)CN(Cc2ccccc2)S(C)(=O)=O)cc1. The number of rotatable bonds is 13. The number of sulfonamides is 1. The summed E-state index contributed by atoms with van der Waals surface area (Å²) in [6.07, 6.45) is 1.26. The lowest BCUT2D eigenvalue weighted by Crippen LogP contribution is -2.53. The molecular weight excluding hydrogens is 565 g/mol. The summed E-state index contributed by atoms with van der Waals surface area (Å²) in [5, 5.41) is 2.97. The zero-order chi connectivity index (χ0) is 30.8. The van der Waals surface area contributed by atoms with Gasteiger partial charge in [0, 0.05) is 26.1 Å². The summed E-state index contributed by atoms with van der Waals surface area (Å²) < 4.78 is 40.4. The van der Waals surface area contributed by atoms with Crippen LogP contribution in [0.15, 0.2) is 109 Å². The Morgan fingerprint density at radius 1 is 0.744 bits per heavy atom. The molecule has 0 bridgehead atoms. The maximum Gasteiger partial charge on any atom is 0.243 e. The molecule has 4 aromatic carbocycles. The van der Waals surface area contributed by atoms with E-state index in [2.05, 4.69) is 5.32 Å². The molecule has 9 heteroatoms. The minimum atomic E-state index is -3.79. The molecule has 0 aliphatic carbocycles. The third-order valence-electron chi connectivity index (χ3n) is 7.11. The fourth-order valence-electron chi connectivity index (χ4n) is 4.67. The van der Waals surface area contributed by atoms with Gasteiger partial charge in [-0.1, -0.05) is 103 Å². The van der Waals surface area contributed by atoms with E-state index in [4.69, 9.17) is 0 Å². The molecule has 0 aliphatic rings. The van der Waals surface area contributed by atoms with Gasteiger partial charge in [-0.2, -0.15) is 4.31 Å². The number of aryl methyl sites for hydroxylation is 1. The normalized spacial score (nSPS) is 12.1. The van der Waals surface area contributed by atoms with E-state index < -0.39 is 34.3 Å². The monoisotopic (exact) mass is 601 g/mol. The molecule has 0 spiro atoms. The molecule has 0 fully saturated rings. The van der Waals surface area contributed by atoms with E-state index in [1.54, 1.807) is 36.4 Å². The Morgan fingerprint density at radius 2 is 1.28 bits per heavy atom. The van der Waals surface area contributed by atoms with Gasteiger partial charge in [-0.3, -0.25) is 9.59 Å². The highest BCUT2D eigenvalue weighted by Crippen LogP contribution is 2.18. The predicted molar refractivity (Wildman–Crippen MR) is 166 cm³/mol. The summed E-state index contributed by atoms with van der Waals surface area (Å²) >= 11 is 0. The number of nitrogens with zero attached hydrogens (tertiary/aromatic N) is 2. The van der Waals surface area contributed by atoms with Crippen molar-refractivity contribution in [3.8, 4) is 0 Å². The molecule has 0 aromatic heterocycles. The Labute approximate surface area is 253 Å². The van der Waals surface area contributed by atoms with E-state index in [-0.39, 0.29) is 32.0 Å². The van der Waals surface area contributed by atoms with Crippen LogP contribution < -0.4 is 5.32 Å². The van der Waals surface area contributed by atoms with Crippen molar-refractivity contribution in [2.24, 2.45) is 0 Å². The smallest absolute Gasteiger partial charge is 0.243 e. The number of hydrogen-bond acceptors (Lipinski definition) is 4. The lowest BCUT2D eigenvalue weighted by molar-refractivity contribution is -0.141. The molecule has 224 valence electrons. The maximum absolute atomic E-state index is 14.1. The highest BCUT2D eigenvalue weighted by Gasteiger charge is 2.33. The summed E-state index contributed by atoms with van der Waals surface area (Å²) in [6, 6.07) is 30.8. The summed E-state index contributed by atoms with van der Waals surface area (Å²) in [5.74, 6) is -1.35. The van der Waals surface area contributed by atoms with Crippen LogP contribution in [0.5, 0.6) is 0 Å². The van der Waals surface area contributed by atoms with Gasteiger partial charge < -0.3 is 10.2 Å². The van der Waals surface area contributed by atoms with Crippen LogP contribution in [0, 0.1) is 12.7 Å². The van der Waals surface area contributed by atoms with Gasteiger partial charge in [0.2, 0.25) is 21.8 Å². The predicted octanol–water partition coefficient (Wildman–Crippen LogP) is 4.85. The molecular formula is C34H36FN3O4S. The average molecular weight is 602 g/mol. The lowest BCUT2D eigenvalue weighted by atomic mass is 10.0. The maximum atomic E-state index is 14.1. The molecule has 0 saturated carbocycles. The molecule has 1 atom stereocenters. The van der Waals surface area contributed by atoms with Crippen molar-refractivity contribution in [2.75, 3.05) is 12.8 Å². The van der Waals surface area contributed by atoms with Crippen LogP contribution in [-0.2, 0) is 45.7 Å². The van der Waals surface area contributed by atoms with Gasteiger partial charge in [-0.05, 0) is 41.3 Å². The second kappa shape index (κ2) is 14.7. The molecule has 0 unspecified atom stereocenters. The van der Waals surface area contributed by atoms with E-state index in [1.165, 1.54) is 17.0 Å².